The van der Waals surface area contributed by atoms with E-state index >= 15 is 0 Å². The second kappa shape index (κ2) is 14.5. The summed E-state index contributed by atoms with van der Waals surface area (Å²) in [5, 5.41) is 43.3. The number of hydrogen-bond donors (Lipinski definition) is 5. The van der Waals surface area contributed by atoms with Crippen molar-refractivity contribution in [2.45, 2.75) is 43.2 Å². The van der Waals surface area contributed by atoms with Crippen molar-refractivity contribution in [2.24, 2.45) is 0 Å². The van der Waals surface area contributed by atoms with Gasteiger partial charge in [0.2, 0.25) is 12.3 Å². The highest BCUT2D eigenvalue weighted by atomic mass is 16.7. The summed E-state index contributed by atoms with van der Waals surface area (Å²) < 4.78 is 28.7. The van der Waals surface area contributed by atoms with Crippen LogP contribution in [0.1, 0.15) is 5.56 Å². The molecule has 3 aromatic carbocycles. The predicted molar refractivity (Wildman–Crippen MR) is 162 cm³/mol. The van der Waals surface area contributed by atoms with Crippen LogP contribution in [0.5, 0.6) is 11.5 Å². The minimum absolute atomic E-state index is 0.0588. The molecule has 0 bridgehead atoms. The minimum atomic E-state index is -1.64. The van der Waals surface area contributed by atoms with Crippen molar-refractivity contribution in [2.75, 3.05) is 20.3 Å². The zero-order valence-corrected chi connectivity index (χ0v) is 24.6. The van der Waals surface area contributed by atoms with Gasteiger partial charge in [0.05, 0.1) is 17.6 Å². The van der Waals surface area contributed by atoms with E-state index in [1.165, 1.54) is 43.6 Å². The molecule has 5 N–H and O–H groups in total. The molecule has 2 heterocycles. The topological polar surface area (TPSA) is 194 Å². The van der Waals surface area contributed by atoms with E-state index < -0.39 is 55.3 Å². The van der Waals surface area contributed by atoms with Crippen LogP contribution in [0.3, 0.4) is 0 Å². The highest BCUT2D eigenvalue weighted by Crippen LogP contribution is 2.29. The summed E-state index contributed by atoms with van der Waals surface area (Å²) in [4.78, 5) is 36.8. The molecule has 0 amide bonds. The molecule has 1 saturated heterocycles. The van der Waals surface area contributed by atoms with E-state index in [1.807, 2.05) is 30.3 Å². The Morgan fingerprint density at radius 3 is 2.43 bits per heavy atom. The lowest BCUT2D eigenvalue weighted by molar-refractivity contribution is -0.288. The molecule has 0 spiro atoms. The van der Waals surface area contributed by atoms with Gasteiger partial charge in [0.1, 0.15) is 54.4 Å². The normalized spacial score (nSPS) is 21.8. The van der Waals surface area contributed by atoms with Gasteiger partial charge in [-0.15, -0.1) is 0 Å². The average Bonchev–Trinajstić information content (AvgIpc) is 3.05. The van der Waals surface area contributed by atoms with Crippen molar-refractivity contribution in [3.63, 3.8) is 0 Å². The van der Waals surface area contributed by atoms with Crippen molar-refractivity contribution in [3.05, 3.63) is 94.8 Å². The molecule has 242 valence electrons. The Morgan fingerprint density at radius 2 is 1.74 bits per heavy atom. The Balaban J connectivity index is 1.36. The number of carboxylic acids is 1. The number of ether oxygens (including phenoxy) is 4. The van der Waals surface area contributed by atoms with E-state index in [2.05, 4.69) is 5.32 Å². The molecular weight excluding hydrogens is 602 g/mol. The Hall–Kier alpha value is -4.79. The number of aliphatic carboxylic acids is 1. The zero-order chi connectivity index (χ0) is 32.8. The molecule has 0 aliphatic carbocycles. The summed E-state index contributed by atoms with van der Waals surface area (Å²) >= 11 is 0. The van der Waals surface area contributed by atoms with Gasteiger partial charge in [-0.3, -0.25) is 10.1 Å². The Kier molecular flexibility index (Phi) is 10.3. The first-order valence-electron chi connectivity index (χ1n) is 14.4. The summed E-state index contributed by atoms with van der Waals surface area (Å²) in [6, 6.07) is 18.4. The van der Waals surface area contributed by atoms with Crippen molar-refractivity contribution >= 4 is 22.9 Å². The zero-order valence-electron chi connectivity index (χ0n) is 24.6. The first-order chi connectivity index (χ1) is 22.2. The van der Waals surface area contributed by atoms with Crippen molar-refractivity contribution in [1.29, 1.82) is 0 Å². The number of carboxylic acid groups (broad SMARTS) is 1. The number of hydrogen-bond acceptors (Lipinski definition) is 12. The standard InChI is InChI=1S/C33H33NO12/c1-34-26(31(39)40)32(41)44-17-25-28(37)29(38)30(42-14-13-18-5-3-2-4-6-18)33(46-25)45-21-11-12-22-24(15-21)43-16-23(27(22)36)19-7-9-20(35)10-8-19/h2-12,15-16,25-26,28-30,33-35,37-38H,13-14,17H2,1H3,(H,39,40)/t25-,26+,28-,29+,30-,33-/m0/s1. The summed E-state index contributed by atoms with van der Waals surface area (Å²) in [5.74, 6) is -2.34. The minimum Gasteiger partial charge on any atom is -0.508 e. The first-order valence-corrected chi connectivity index (χ1v) is 14.4. The van der Waals surface area contributed by atoms with E-state index in [-0.39, 0.29) is 34.5 Å². The van der Waals surface area contributed by atoms with E-state index in [0.717, 1.165) is 5.56 Å². The van der Waals surface area contributed by atoms with Crippen LogP contribution in [-0.4, -0.2) is 89.4 Å². The van der Waals surface area contributed by atoms with Crippen LogP contribution in [0.2, 0.25) is 0 Å². The molecule has 1 aromatic heterocycles. The van der Waals surface area contributed by atoms with Gasteiger partial charge in [-0.1, -0.05) is 42.5 Å². The maximum atomic E-state index is 13.2. The number of aliphatic hydroxyl groups is 2. The number of aromatic hydroxyl groups is 1. The van der Waals surface area contributed by atoms with Crippen LogP contribution in [0.15, 0.2) is 88.3 Å². The summed E-state index contributed by atoms with van der Waals surface area (Å²) in [6.45, 7) is -0.456. The van der Waals surface area contributed by atoms with E-state index in [9.17, 15) is 34.8 Å². The third kappa shape index (κ3) is 7.36. The molecule has 5 rings (SSSR count). The van der Waals surface area contributed by atoms with E-state index in [4.69, 9.17) is 23.4 Å². The largest absolute Gasteiger partial charge is 0.508 e. The quantitative estimate of drug-likeness (QED) is 0.112. The fourth-order valence-electron chi connectivity index (χ4n) is 5.02. The fourth-order valence-corrected chi connectivity index (χ4v) is 5.02. The summed E-state index contributed by atoms with van der Waals surface area (Å²) in [6.07, 6.45) is -5.20. The van der Waals surface area contributed by atoms with Gasteiger partial charge in [0.25, 0.3) is 0 Å². The fraction of sp³-hybridized carbons (Fsp3) is 0.303. The lowest BCUT2D eigenvalue weighted by atomic mass is 9.99. The molecule has 1 fully saturated rings. The molecule has 46 heavy (non-hydrogen) atoms. The van der Waals surface area contributed by atoms with Crippen molar-refractivity contribution in [3.8, 4) is 22.6 Å². The third-order valence-electron chi connectivity index (χ3n) is 7.53. The number of benzene rings is 3. The summed E-state index contributed by atoms with van der Waals surface area (Å²) in [5.41, 5.74) is 1.71. The molecule has 0 radical (unpaired) electrons. The Labute approximate surface area is 262 Å². The number of esters is 1. The maximum absolute atomic E-state index is 13.2. The van der Waals surface area contributed by atoms with Crippen LogP contribution in [0.25, 0.3) is 22.1 Å². The molecule has 1 aliphatic heterocycles. The van der Waals surface area contributed by atoms with Gasteiger partial charge in [0.15, 0.2) is 5.43 Å². The molecule has 13 heteroatoms. The van der Waals surface area contributed by atoms with Crippen LogP contribution >= 0.6 is 0 Å². The molecule has 4 aromatic rings. The maximum Gasteiger partial charge on any atom is 0.334 e. The smallest absolute Gasteiger partial charge is 0.334 e. The number of fused-ring (bicyclic) bond motifs is 1. The monoisotopic (exact) mass is 635 g/mol. The van der Waals surface area contributed by atoms with Gasteiger partial charge in [-0.25, -0.2) is 9.59 Å². The van der Waals surface area contributed by atoms with Crippen LogP contribution in [0, 0.1) is 0 Å². The van der Waals surface area contributed by atoms with Crippen LogP contribution in [-0.2, 0) is 30.2 Å². The number of nitrogens with one attached hydrogen (secondary N) is 1. The molecule has 1 aliphatic rings. The number of phenolic OH excluding ortho intramolecular Hbond substituents is 1. The van der Waals surface area contributed by atoms with Crippen LogP contribution < -0.4 is 15.5 Å². The Bertz CT molecular complexity index is 1710. The SMILES string of the molecule is CN[C@H](C(=O)O)C(=O)OC[C@@H]1O[C@H](Oc2ccc3c(=O)c(-c4ccc(O)cc4)coc3c2)[C@@H](OCCc2ccccc2)[C@H](O)[C@H]1O. The third-order valence-corrected chi connectivity index (χ3v) is 7.53. The second-order valence-electron chi connectivity index (χ2n) is 10.6. The number of carbonyl (C=O) groups excluding carboxylic acids is 1. The average molecular weight is 636 g/mol. The molecule has 0 unspecified atom stereocenters. The van der Waals surface area contributed by atoms with Gasteiger partial charge in [-0.05, 0) is 48.9 Å². The highest BCUT2D eigenvalue weighted by molar-refractivity contribution is 5.98. The van der Waals surface area contributed by atoms with Gasteiger partial charge in [0, 0.05) is 6.07 Å². The second-order valence-corrected chi connectivity index (χ2v) is 10.6. The summed E-state index contributed by atoms with van der Waals surface area (Å²) in [7, 11) is 1.27. The molecular formula is C33H33NO12. The van der Waals surface area contributed by atoms with Crippen molar-refractivity contribution in [1.82, 2.24) is 5.32 Å². The van der Waals surface area contributed by atoms with Crippen LogP contribution in [0.4, 0.5) is 0 Å². The van der Waals surface area contributed by atoms with Gasteiger partial charge < -0.3 is 43.8 Å². The first kappa shape index (κ1) is 32.6. The van der Waals surface area contributed by atoms with E-state index in [0.29, 0.717) is 17.5 Å². The Morgan fingerprint density at radius 1 is 1.00 bits per heavy atom. The highest BCUT2D eigenvalue weighted by Gasteiger charge is 2.47. The van der Waals surface area contributed by atoms with Crippen molar-refractivity contribution < 1.29 is 53.4 Å². The van der Waals surface area contributed by atoms with E-state index in [1.54, 1.807) is 12.1 Å². The number of carbonyl (C=O) groups is 2. The molecule has 0 saturated carbocycles. The number of likely N-dealkylation sites (N-methyl/N-ethyl adjacent to an activating group) is 1. The molecule has 6 atom stereocenters. The lowest BCUT2D eigenvalue weighted by Crippen LogP contribution is -2.61. The number of phenols is 1. The predicted octanol–water partition coefficient (Wildman–Crippen LogP) is 1.83. The molecule has 13 nitrogen and oxygen atoms in total. The lowest BCUT2D eigenvalue weighted by Gasteiger charge is -2.42. The number of rotatable bonds is 12. The van der Waals surface area contributed by atoms with Gasteiger partial charge >= 0.3 is 11.9 Å². The number of aliphatic hydroxyl groups excluding tert-OH is 2. The van der Waals surface area contributed by atoms with Gasteiger partial charge in [-0.2, -0.15) is 0 Å².